The van der Waals surface area contributed by atoms with Gasteiger partial charge in [-0.1, -0.05) is 0 Å². The molecule has 0 saturated carbocycles. The molecule has 2 fully saturated rings. The van der Waals surface area contributed by atoms with Crippen molar-refractivity contribution >= 4 is 11.9 Å². The van der Waals surface area contributed by atoms with Crippen LogP contribution < -0.4 is 0 Å². The fraction of sp³-hybridized carbons (Fsp3) is 0.688. The quantitative estimate of drug-likeness (QED) is 0.797. The first-order valence-electron chi connectivity index (χ1n) is 8.28. The lowest BCUT2D eigenvalue weighted by Gasteiger charge is -2.22. The number of carbonyl (C=O) groups is 2. The summed E-state index contributed by atoms with van der Waals surface area (Å²) >= 11 is 0. The van der Waals surface area contributed by atoms with Gasteiger partial charge in [-0.2, -0.15) is 0 Å². The third-order valence-electron chi connectivity index (χ3n) is 5.36. The molecule has 0 bridgehead atoms. The summed E-state index contributed by atoms with van der Waals surface area (Å²) in [5, 5.41) is 0. The van der Waals surface area contributed by atoms with E-state index in [0.717, 1.165) is 37.3 Å². The molecule has 118 valence electrons. The second kappa shape index (κ2) is 4.83. The van der Waals surface area contributed by atoms with Crippen LogP contribution in [0.1, 0.15) is 44.1 Å². The van der Waals surface area contributed by atoms with Gasteiger partial charge in [0.1, 0.15) is 11.4 Å². The van der Waals surface area contributed by atoms with Gasteiger partial charge in [0, 0.05) is 38.7 Å². The Morgan fingerprint density at radius 2 is 2.09 bits per heavy atom. The molecule has 0 N–H and O–H groups in total. The molecule has 0 spiro atoms. The number of rotatable bonds is 3. The minimum absolute atomic E-state index is 0.0287. The summed E-state index contributed by atoms with van der Waals surface area (Å²) in [7, 11) is 0. The van der Waals surface area contributed by atoms with Crippen LogP contribution in [0.3, 0.4) is 0 Å². The van der Waals surface area contributed by atoms with E-state index in [2.05, 4.69) is 15.7 Å². The Morgan fingerprint density at radius 1 is 1.23 bits per heavy atom. The van der Waals surface area contributed by atoms with Crippen LogP contribution in [0.2, 0.25) is 0 Å². The molecule has 2 saturated heterocycles. The van der Waals surface area contributed by atoms with E-state index < -0.39 is 5.54 Å². The van der Waals surface area contributed by atoms with Crippen LogP contribution in [0.4, 0.5) is 4.79 Å². The van der Waals surface area contributed by atoms with Crippen molar-refractivity contribution in [2.45, 2.75) is 57.5 Å². The summed E-state index contributed by atoms with van der Waals surface area (Å²) in [6, 6.07) is -0.117. The minimum atomic E-state index is -0.593. The lowest BCUT2D eigenvalue weighted by Crippen LogP contribution is -2.41. The molecule has 0 aliphatic carbocycles. The first-order chi connectivity index (χ1) is 10.6. The van der Waals surface area contributed by atoms with E-state index in [0.29, 0.717) is 19.5 Å². The number of imidazole rings is 1. The Hall–Kier alpha value is -1.85. The molecule has 3 aliphatic heterocycles. The van der Waals surface area contributed by atoms with Crippen molar-refractivity contribution in [1.29, 1.82) is 0 Å². The topological polar surface area (TPSA) is 58.4 Å². The average Bonchev–Trinajstić information content (AvgIpc) is 3.14. The van der Waals surface area contributed by atoms with Gasteiger partial charge in [0.15, 0.2) is 0 Å². The van der Waals surface area contributed by atoms with Crippen molar-refractivity contribution in [2.24, 2.45) is 0 Å². The Balaban J connectivity index is 1.47. The van der Waals surface area contributed by atoms with Gasteiger partial charge >= 0.3 is 6.03 Å². The summed E-state index contributed by atoms with van der Waals surface area (Å²) in [4.78, 5) is 32.8. The number of fused-ring (bicyclic) bond motifs is 2. The molecule has 3 amide bonds. The van der Waals surface area contributed by atoms with Crippen LogP contribution in [-0.4, -0.2) is 49.9 Å². The van der Waals surface area contributed by atoms with Crippen LogP contribution in [-0.2, 0) is 24.2 Å². The van der Waals surface area contributed by atoms with Gasteiger partial charge in [-0.05, 0) is 32.6 Å². The molecule has 3 aliphatic rings. The number of amides is 3. The molecule has 4 heterocycles. The van der Waals surface area contributed by atoms with Gasteiger partial charge in [0.25, 0.3) is 5.91 Å². The van der Waals surface area contributed by atoms with Crippen LogP contribution in [0.15, 0.2) is 6.20 Å². The van der Waals surface area contributed by atoms with E-state index in [1.807, 2.05) is 6.92 Å². The SMILES string of the molecule is C[C@@]12CCCN1C(=O)N(CCc1cn3c(n1)CCCC3)C2=O. The van der Waals surface area contributed by atoms with Gasteiger partial charge in [0.2, 0.25) is 0 Å². The minimum Gasteiger partial charge on any atom is -0.335 e. The van der Waals surface area contributed by atoms with Crippen LogP contribution in [0.25, 0.3) is 0 Å². The molecular formula is C16H22N4O2. The molecule has 1 aromatic heterocycles. The number of carbonyl (C=O) groups excluding carboxylic acids is 2. The van der Waals surface area contributed by atoms with Crippen LogP contribution in [0.5, 0.6) is 0 Å². The summed E-state index contributed by atoms with van der Waals surface area (Å²) in [6.07, 6.45) is 7.89. The Morgan fingerprint density at radius 3 is 2.86 bits per heavy atom. The highest BCUT2D eigenvalue weighted by molar-refractivity contribution is 6.07. The van der Waals surface area contributed by atoms with E-state index >= 15 is 0 Å². The van der Waals surface area contributed by atoms with Crippen LogP contribution in [0, 0.1) is 0 Å². The molecule has 6 heteroatoms. The van der Waals surface area contributed by atoms with Gasteiger partial charge in [0.05, 0.1) is 5.69 Å². The lowest BCUT2D eigenvalue weighted by molar-refractivity contribution is -0.131. The maximum Gasteiger partial charge on any atom is 0.327 e. The number of aromatic nitrogens is 2. The summed E-state index contributed by atoms with van der Waals surface area (Å²) in [6.45, 7) is 4.09. The van der Waals surface area contributed by atoms with Crippen molar-refractivity contribution in [3.63, 3.8) is 0 Å². The molecule has 0 radical (unpaired) electrons. The highest BCUT2D eigenvalue weighted by Gasteiger charge is 2.56. The maximum absolute atomic E-state index is 12.6. The Kier molecular flexibility index (Phi) is 3.03. The number of hydrogen-bond acceptors (Lipinski definition) is 3. The molecular weight excluding hydrogens is 280 g/mol. The van der Waals surface area contributed by atoms with Crippen molar-refractivity contribution < 1.29 is 9.59 Å². The van der Waals surface area contributed by atoms with Crippen molar-refractivity contribution in [3.05, 3.63) is 17.7 Å². The smallest absolute Gasteiger partial charge is 0.327 e. The van der Waals surface area contributed by atoms with Gasteiger partial charge in [-0.3, -0.25) is 9.69 Å². The number of urea groups is 1. The first kappa shape index (κ1) is 13.8. The lowest BCUT2D eigenvalue weighted by atomic mass is 9.99. The largest absolute Gasteiger partial charge is 0.335 e. The second-order valence-corrected chi connectivity index (χ2v) is 6.82. The van der Waals surface area contributed by atoms with Crippen molar-refractivity contribution in [1.82, 2.24) is 19.4 Å². The average molecular weight is 302 g/mol. The molecule has 1 atom stereocenters. The highest BCUT2D eigenvalue weighted by atomic mass is 16.2. The standard InChI is InChI=1S/C16H22N4O2/c1-16-7-4-9-20(16)15(22)19(14(16)21)10-6-12-11-18-8-3-2-5-13(18)17-12/h11H,2-10H2,1H3/t16-/m0/s1. The van der Waals surface area contributed by atoms with Gasteiger partial charge < -0.3 is 9.47 Å². The van der Waals surface area contributed by atoms with E-state index in [1.54, 1.807) is 4.90 Å². The third kappa shape index (κ3) is 1.89. The third-order valence-corrected chi connectivity index (χ3v) is 5.36. The maximum atomic E-state index is 12.6. The molecule has 0 unspecified atom stereocenters. The van der Waals surface area contributed by atoms with Crippen molar-refractivity contribution in [2.75, 3.05) is 13.1 Å². The molecule has 6 nitrogen and oxygen atoms in total. The van der Waals surface area contributed by atoms with Gasteiger partial charge in [-0.25, -0.2) is 9.78 Å². The monoisotopic (exact) mass is 302 g/mol. The predicted molar refractivity (Wildman–Crippen MR) is 80.3 cm³/mol. The fourth-order valence-corrected chi connectivity index (χ4v) is 4.03. The summed E-state index contributed by atoms with van der Waals surface area (Å²) < 4.78 is 2.21. The number of aryl methyl sites for hydroxylation is 2. The summed E-state index contributed by atoms with van der Waals surface area (Å²) in [5.74, 6) is 1.12. The highest BCUT2D eigenvalue weighted by Crippen LogP contribution is 2.37. The first-order valence-corrected chi connectivity index (χ1v) is 8.28. The fourth-order valence-electron chi connectivity index (χ4n) is 4.03. The zero-order chi connectivity index (χ0) is 15.3. The van der Waals surface area contributed by atoms with E-state index in [1.165, 1.54) is 17.7 Å². The predicted octanol–water partition coefficient (Wildman–Crippen LogP) is 1.58. The number of imide groups is 1. The molecule has 22 heavy (non-hydrogen) atoms. The Labute approximate surface area is 130 Å². The molecule has 4 rings (SSSR count). The number of nitrogens with zero attached hydrogens (tertiary/aromatic N) is 4. The zero-order valence-electron chi connectivity index (χ0n) is 13.0. The number of hydrogen-bond donors (Lipinski definition) is 0. The molecule has 0 aromatic carbocycles. The van der Waals surface area contributed by atoms with Crippen LogP contribution >= 0.6 is 0 Å². The molecule has 1 aromatic rings. The van der Waals surface area contributed by atoms with Gasteiger partial charge in [-0.15, -0.1) is 0 Å². The summed E-state index contributed by atoms with van der Waals surface area (Å²) in [5.41, 5.74) is 0.402. The zero-order valence-corrected chi connectivity index (χ0v) is 13.0. The normalized spacial score (nSPS) is 27.5. The van der Waals surface area contributed by atoms with E-state index in [-0.39, 0.29) is 11.9 Å². The Bertz CT molecular complexity index is 615. The van der Waals surface area contributed by atoms with E-state index in [9.17, 15) is 9.59 Å². The van der Waals surface area contributed by atoms with E-state index in [4.69, 9.17) is 0 Å². The van der Waals surface area contributed by atoms with Crippen molar-refractivity contribution in [3.8, 4) is 0 Å². The second-order valence-electron chi connectivity index (χ2n) is 6.82.